The molecule has 0 aromatic carbocycles. The van der Waals surface area contributed by atoms with Crippen LogP contribution < -0.4 is 5.32 Å². The molecule has 2 fully saturated rings. The highest BCUT2D eigenvalue weighted by atomic mass is 14.9. The Balaban J connectivity index is 1.98. The van der Waals surface area contributed by atoms with Gasteiger partial charge in [-0.2, -0.15) is 0 Å². The highest BCUT2D eigenvalue weighted by Crippen LogP contribution is 2.48. The van der Waals surface area contributed by atoms with Crippen molar-refractivity contribution in [2.24, 2.45) is 29.1 Å². The van der Waals surface area contributed by atoms with Gasteiger partial charge in [-0.05, 0) is 67.7 Å². The first-order valence-corrected chi connectivity index (χ1v) is 9.11. The van der Waals surface area contributed by atoms with E-state index in [1.165, 1.54) is 51.5 Å². The minimum atomic E-state index is 0.585. The third-order valence-electron chi connectivity index (χ3n) is 6.04. The molecule has 2 atom stereocenters. The lowest BCUT2D eigenvalue weighted by atomic mass is 9.60. The topological polar surface area (TPSA) is 12.0 Å². The minimum absolute atomic E-state index is 0.585. The van der Waals surface area contributed by atoms with Crippen molar-refractivity contribution >= 4 is 0 Å². The van der Waals surface area contributed by atoms with Crippen molar-refractivity contribution in [2.45, 2.75) is 85.6 Å². The molecule has 0 radical (unpaired) electrons. The normalized spacial score (nSPS) is 38.1. The Bertz CT molecular complexity index is 284. The van der Waals surface area contributed by atoms with Crippen LogP contribution in [0.4, 0.5) is 0 Å². The summed E-state index contributed by atoms with van der Waals surface area (Å²) in [7, 11) is 0. The van der Waals surface area contributed by atoms with Crippen LogP contribution in [0.3, 0.4) is 0 Å². The molecule has 0 bridgehead atoms. The summed E-state index contributed by atoms with van der Waals surface area (Å²) < 4.78 is 0. The molecule has 0 saturated heterocycles. The lowest BCUT2D eigenvalue weighted by molar-refractivity contribution is 0.0507. The fourth-order valence-corrected chi connectivity index (χ4v) is 4.60. The molecule has 0 aromatic rings. The van der Waals surface area contributed by atoms with Crippen LogP contribution in [-0.4, -0.2) is 12.6 Å². The molecule has 2 aliphatic carbocycles. The first-order chi connectivity index (χ1) is 9.37. The summed E-state index contributed by atoms with van der Waals surface area (Å²) >= 11 is 0. The fraction of sp³-hybridized carbons (Fsp3) is 1.00. The molecule has 0 aliphatic heterocycles. The second-order valence-corrected chi connectivity index (χ2v) is 8.91. The highest BCUT2D eigenvalue weighted by molar-refractivity contribution is 4.90. The van der Waals surface area contributed by atoms with E-state index in [9.17, 15) is 0 Å². The lowest BCUT2D eigenvalue weighted by Gasteiger charge is -2.46. The summed E-state index contributed by atoms with van der Waals surface area (Å²) in [5.41, 5.74) is 0.585. The summed E-state index contributed by atoms with van der Waals surface area (Å²) in [6, 6.07) is 0.636. The Kier molecular flexibility index (Phi) is 5.56. The largest absolute Gasteiger partial charge is 0.314 e. The van der Waals surface area contributed by atoms with Gasteiger partial charge in [0.1, 0.15) is 0 Å². The summed E-state index contributed by atoms with van der Waals surface area (Å²) in [6.45, 7) is 13.3. The van der Waals surface area contributed by atoms with E-state index in [4.69, 9.17) is 0 Å². The molecule has 2 unspecified atom stereocenters. The first-order valence-electron chi connectivity index (χ1n) is 9.11. The first kappa shape index (κ1) is 16.3. The molecule has 118 valence electrons. The molecule has 2 saturated carbocycles. The molecule has 0 heterocycles. The van der Waals surface area contributed by atoms with E-state index in [2.05, 4.69) is 39.9 Å². The standard InChI is InChI=1S/C19H37N/c1-14(2)20-13-17-10-11-19(4,5)12-18(17)16-8-6-15(3)7-9-16/h14-18,20H,6-13H2,1-5H3. The van der Waals surface area contributed by atoms with Gasteiger partial charge in [0.05, 0.1) is 0 Å². The maximum Gasteiger partial charge on any atom is 0.00104 e. The van der Waals surface area contributed by atoms with Crippen LogP contribution in [-0.2, 0) is 0 Å². The Morgan fingerprint density at radius 2 is 1.70 bits per heavy atom. The van der Waals surface area contributed by atoms with Crippen LogP contribution in [0.15, 0.2) is 0 Å². The average molecular weight is 280 g/mol. The van der Waals surface area contributed by atoms with Crippen molar-refractivity contribution in [3.63, 3.8) is 0 Å². The van der Waals surface area contributed by atoms with Gasteiger partial charge < -0.3 is 5.32 Å². The van der Waals surface area contributed by atoms with E-state index in [0.29, 0.717) is 11.5 Å². The summed E-state index contributed by atoms with van der Waals surface area (Å²) in [6.07, 6.45) is 10.3. The number of rotatable bonds is 4. The van der Waals surface area contributed by atoms with Crippen molar-refractivity contribution in [2.75, 3.05) is 6.54 Å². The third-order valence-corrected chi connectivity index (χ3v) is 6.04. The Hall–Kier alpha value is -0.0400. The Morgan fingerprint density at radius 1 is 1.05 bits per heavy atom. The quantitative estimate of drug-likeness (QED) is 0.741. The van der Waals surface area contributed by atoms with Crippen LogP contribution in [0.2, 0.25) is 0 Å². The van der Waals surface area contributed by atoms with Gasteiger partial charge in [-0.3, -0.25) is 0 Å². The van der Waals surface area contributed by atoms with Gasteiger partial charge in [0, 0.05) is 6.04 Å². The molecule has 0 spiro atoms. The van der Waals surface area contributed by atoms with Crippen LogP contribution in [0.1, 0.15) is 79.6 Å². The van der Waals surface area contributed by atoms with Gasteiger partial charge >= 0.3 is 0 Å². The molecular weight excluding hydrogens is 242 g/mol. The zero-order chi connectivity index (χ0) is 14.8. The SMILES string of the molecule is CC1CCC(C2CC(C)(C)CCC2CNC(C)C)CC1. The molecule has 1 N–H and O–H groups in total. The fourth-order valence-electron chi connectivity index (χ4n) is 4.60. The van der Waals surface area contributed by atoms with Crippen molar-refractivity contribution in [3.8, 4) is 0 Å². The third kappa shape index (κ3) is 4.48. The second-order valence-electron chi connectivity index (χ2n) is 8.91. The zero-order valence-corrected chi connectivity index (χ0v) is 14.5. The van der Waals surface area contributed by atoms with Crippen molar-refractivity contribution in [1.82, 2.24) is 5.32 Å². The Labute approximate surface area is 127 Å². The van der Waals surface area contributed by atoms with Gasteiger partial charge in [0.2, 0.25) is 0 Å². The lowest BCUT2D eigenvalue weighted by Crippen LogP contribution is -2.41. The maximum absolute atomic E-state index is 3.72. The van der Waals surface area contributed by atoms with E-state index in [1.54, 1.807) is 0 Å². The Morgan fingerprint density at radius 3 is 2.30 bits per heavy atom. The van der Waals surface area contributed by atoms with E-state index in [1.807, 2.05) is 0 Å². The van der Waals surface area contributed by atoms with Crippen LogP contribution in [0.25, 0.3) is 0 Å². The second kappa shape index (κ2) is 6.81. The van der Waals surface area contributed by atoms with E-state index < -0.39 is 0 Å². The minimum Gasteiger partial charge on any atom is -0.314 e. The van der Waals surface area contributed by atoms with E-state index in [0.717, 1.165) is 23.7 Å². The summed E-state index contributed by atoms with van der Waals surface area (Å²) in [5.74, 6) is 3.92. The van der Waals surface area contributed by atoms with E-state index in [-0.39, 0.29) is 0 Å². The predicted molar refractivity (Wildman–Crippen MR) is 88.9 cm³/mol. The van der Waals surface area contributed by atoms with Gasteiger partial charge in [-0.1, -0.05) is 47.5 Å². The van der Waals surface area contributed by atoms with Crippen molar-refractivity contribution in [3.05, 3.63) is 0 Å². The van der Waals surface area contributed by atoms with Crippen molar-refractivity contribution < 1.29 is 0 Å². The molecule has 2 aliphatic rings. The van der Waals surface area contributed by atoms with Gasteiger partial charge in [0.25, 0.3) is 0 Å². The summed E-state index contributed by atoms with van der Waals surface area (Å²) in [5, 5.41) is 3.72. The smallest absolute Gasteiger partial charge is 0.00104 e. The van der Waals surface area contributed by atoms with Gasteiger partial charge in [-0.15, -0.1) is 0 Å². The highest BCUT2D eigenvalue weighted by Gasteiger charge is 2.39. The molecule has 2 rings (SSSR count). The van der Waals surface area contributed by atoms with Crippen LogP contribution >= 0.6 is 0 Å². The van der Waals surface area contributed by atoms with Crippen LogP contribution in [0, 0.1) is 29.1 Å². The van der Waals surface area contributed by atoms with Crippen LogP contribution in [0.5, 0.6) is 0 Å². The monoisotopic (exact) mass is 279 g/mol. The number of hydrogen-bond acceptors (Lipinski definition) is 1. The predicted octanol–water partition coefficient (Wildman–Crippen LogP) is 5.25. The zero-order valence-electron chi connectivity index (χ0n) is 14.5. The molecule has 1 nitrogen and oxygen atoms in total. The molecule has 0 aromatic heterocycles. The molecule has 1 heteroatoms. The van der Waals surface area contributed by atoms with Gasteiger partial charge in [-0.25, -0.2) is 0 Å². The van der Waals surface area contributed by atoms with Crippen molar-refractivity contribution in [1.29, 1.82) is 0 Å². The maximum atomic E-state index is 3.72. The van der Waals surface area contributed by atoms with E-state index >= 15 is 0 Å². The molecular formula is C19H37N. The molecule has 20 heavy (non-hydrogen) atoms. The number of hydrogen-bond donors (Lipinski definition) is 1. The summed E-state index contributed by atoms with van der Waals surface area (Å²) in [4.78, 5) is 0. The molecule has 0 amide bonds. The van der Waals surface area contributed by atoms with Gasteiger partial charge in [0.15, 0.2) is 0 Å². The average Bonchev–Trinajstić information content (AvgIpc) is 2.37. The number of nitrogens with one attached hydrogen (secondary N) is 1.